The first-order valence-corrected chi connectivity index (χ1v) is 4.75. The van der Waals surface area contributed by atoms with Crippen LogP contribution in [0, 0.1) is 5.92 Å². The van der Waals surface area contributed by atoms with Gasteiger partial charge in [-0.15, -0.1) is 0 Å². The van der Waals surface area contributed by atoms with Crippen molar-refractivity contribution in [2.24, 2.45) is 5.92 Å². The molecule has 0 heterocycles. The Kier molecular flexibility index (Phi) is 3.59. The van der Waals surface area contributed by atoms with E-state index in [1.165, 1.54) is 0 Å². The van der Waals surface area contributed by atoms with Gasteiger partial charge in [0.1, 0.15) is 6.10 Å². The summed E-state index contributed by atoms with van der Waals surface area (Å²) in [5, 5.41) is 8.81. The fourth-order valence-electron chi connectivity index (χ4n) is 1.87. The van der Waals surface area contributed by atoms with Crippen LogP contribution in [-0.4, -0.2) is 17.4 Å². The predicted molar refractivity (Wildman–Crippen MR) is 43.3 cm³/mol. The van der Waals surface area contributed by atoms with E-state index in [0.29, 0.717) is 0 Å². The lowest BCUT2D eigenvalue weighted by atomic mass is 9.85. The van der Waals surface area contributed by atoms with Gasteiger partial charge in [0, 0.05) is 0 Å². The second kappa shape index (κ2) is 4.31. The third kappa shape index (κ3) is 3.55. The Morgan fingerprint density at radius 1 is 1.15 bits per heavy atom. The summed E-state index contributed by atoms with van der Waals surface area (Å²) in [5.74, 6) is 0.0744. The first-order chi connectivity index (χ1) is 6.00. The van der Waals surface area contributed by atoms with Gasteiger partial charge in [-0.3, -0.25) is 0 Å². The van der Waals surface area contributed by atoms with Crippen LogP contribution < -0.4 is 0 Å². The van der Waals surface area contributed by atoms with Crippen LogP contribution >= 0.6 is 0 Å². The zero-order chi connectivity index (χ0) is 9.90. The van der Waals surface area contributed by atoms with E-state index in [4.69, 9.17) is 5.11 Å². The zero-order valence-corrected chi connectivity index (χ0v) is 7.48. The van der Waals surface area contributed by atoms with Crippen LogP contribution in [0.25, 0.3) is 0 Å². The molecule has 78 valence electrons. The molecular formula is C9H15F3O. The van der Waals surface area contributed by atoms with Crippen molar-refractivity contribution >= 4 is 0 Å². The van der Waals surface area contributed by atoms with Gasteiger partial charge in [-0.25, -0.2) is 0 Å². The highest BCUT2D eigenvalue weighted by Crippen LogP contribution is 2.32. The molecule has 4 heteroatoms. The molecule has 0 spiro atoms. The van der Waals surface area contributed by atoms with Crippen LogP contribution in [0.4, 0.5) is 13.2 Å². The molecule has 1 rings (SSSR count). The second-order valence-corrected chi connectivity index (χ2v) is 3.80. The normalized spacial score (nSPS) is 23.1. The Bertz CT molecular complexity index is 149. The van der Waals surface area contributed by atoms with Crippen molar-refractivity contribution in [2.75, 3.05) is 0 Å². The maximum Gasteiger partial charge on any atom is 0.414 e. The van der Waals surface area contributed by atoms with Crippen molar-refractivity contribution in [1.82, 2.24) is 0 Å². The van der Waals surface area contributed by atoms with Crippen molar-refractivity contribution in [3.05, 3.63) is 0 Å². The van der Waals surface area contributed by atoms with Crippen LogP contribution in [0.1, 0.15) is 38.5 Å². The van der Waals surface area contributed by atoms with Crippen molar-refractivity contribution in [3.8, 4) is 0 Å². The lowest BCUT2D eigenvalue weighted by molar-refractivity contribution is -0.209. The average molecular weight is 196 g/mol. The van der Waals surface area contributed by atoms with E-state index in [1.807, 2.05) is 0 Å². The van der Waals surface area contributed by atoms with Crippen LogP contribution in [0.5, 0.6) is 0 Å². The summed E-state index contributed by atoms with van der Waals surface area (Å²) in [5.41, 5.74) is 0. The van der Waals surface area contributed by atoms with Crippen molar-refractivity contribution < 1.29 is 18.3 Å². The van der Waals surface area contributed by atoms with Crippen LogP contribution in [0.3, 0.4) is 0 Å². The number of aliphatic hydroxyl groups is 1. The number of rotatable bonds is 2. The Morgan fingerprint density at radius 3 is 2.15 bits per heavy atom. The average Bonchev–Trinajstić information content (AvgIpc) is 2.04. The maximum atomic E-state index is 12.0. The van der Waals surface area contributed by atoms with Crippen LogP contribution in [0.2, 0.25) is 0 Å². The van der Waals surface area contributed by atoms with Crippen molar-refractivity contribution in [1.29, 1.82) is 0 Å². The summed E-state index contributed by atoms with van der Waals surface area (Å²) >= 11 is 0. The highest BCUT2D eigenvalue weighted by molar-refractivity contribution is 4.73. The van der Waals surface area contributed by atoms with E-state index in [0.717, 1.165) is 32.1 Å². The highest BCUT2D eigenvalue weighted by Gasteiger charge is 2.39. The molecule has 0 aromatic rings. The van der Waals surface area contributed by atoms with E-state index in [1.54, 1.807) is 0 Å². The van der Waals surface area contributed by atoms with E-state index in [9.17, 15) is 13.2 Å². The van der Waals surface area contributed by atoms with E-state index < -0.39 is 12.3 Å². The van der Waals surface area contributed by atoms with E-state index >= 15 is 0 Å². The van der Waals surface area contributed by atoms with E-state index in [-0.39, 0.29) is 12.3 Å². The molecule has 1 fully saturated rings. The molecule has 1 N–H and O–H groups in total. The standard InChI is InChI=1S/C9H15F3O/c10-9(11,12)8(13)6-7-4-2-1-3-5-7/h7-8,13H,1-6H2/t8-/m1/s1. The Hall–Kier alpha value is -0.250. The summed E-state index contributed by atoms with van der Waals surface area (Å²) in [4.78, 5) is 0. The molecule has 0 aromatic heterocycles. The number of aliphatic hydroxyl groups excluding tert-OH is 1. The molecule has 1 nitrogen and oxygen atoms in total. The summed E-state index contributed by atoms with van der Waals surface area (Å²) < 4.78 is 35.9. The molecule has 0 aliphatic heterocycles. The predicted octanol–water partition coefficient (Wildman–Crippen LogP) is 2.88. The minimum atomic E-state index is -4.43. The van der Waals surface area contributed by atoms with Crippen molar-refractivity contribution in [3.63, 3.8) is 0 Å². The fourth-order valence-corrected chi connectivity index (χ4v) is 1.87. The summed E-state index contributed by atoms with van der Waals surface area (Å²) in [7, 11) is 0. The molecular weight excluding hydrogens is 181 g/mol. The third-order valence-electron chi connectivity index (χ3n) is 2.66. The van der Waals surface area contributed by atoms with Gasteiger partial charge in [0.05, 0.1) is 0 Å². The molecule has 1 aliphatic carbocycles. The van der Waals surface area contributed by atoms with Gasteiger partial charge >= 0.3 is 6.18 Å². The van der Waals surface area contributed by atoms with Gasteiger partial charge < -0.3 is 5.11 Å². The Labute approximate surface area is 75.9 Å². The number of hydrogen-bond acceptors (Lipinski definition) is 1. The van der Waals surface area contributed by atoms with Gasteiger partial charge in [0.25, 0.3) is 0 Å². The molecule has 1 aliphatic rings. The van der Waals surface area contributed by atoms with Gasteiger partial charge in [-0.2, -0.15) is 13.2 Å². The molecule has 0 amide bonds. The molecule has 1 saturated carbocycles. The van der Waals surface area contributed by atoms with Gasteiger partial charge in [-0.1, -0.05) is 32.1 Å². The van der Waals surface area contributed by atoms with Crippen molar-refractivity contribution in [2.45, 2.75) is 50.8 Å². The minimum Gasteiger partial charge on any atom is -0.384 e. The quantitative estimate of drug-likeness (QED) is 0.720. The SMILES string of the molecule is O[C@H](CC1CCCCC1)C(F)(F)F. The largest absolute Gasteiger partial charge is 0.414 e. The number of hydrogen-bond donors (Lipinski definition) is 1. The molecule has 13 heavy (non-hydrogen) atoms. The smallest absolute Gasteiger partial charge is 0.384 e. The summed E-state index contributed by atoms with van der Waals surface area (Å²) in [6, 6.07) is 0. The van der Waals surface area contributed by atoms with Crippen LogP contribution in [0.15, 0.2) is 0 Å². The molecule has 0 radical (unpaired) electrons. The molecule has 0 saturated heterocycles. The Balaban J connectivity index is 2.30. The number of alkyl halides is 3. The summed E-state index contributed by atoms with van der Waals surface area (Å²) in [6.45, 7) is 0. The first-order valence-electron chi connectivity index (χ1n) is 4.75. The lowest BCUT2D eigenvalue weighted by Gasteiger charge is -2.24. The first kappa shape index (κ1) is 10.8. The lowest BCUT2D eigenvalue weighted by Crippen LogP contribution is -2.31. The van der Waals surface area contributed by atoms with Gasteiger partial charge in [0.15, 0.2) is 0 Å². The minimum absolute atomic E-state index is 0.0744. The summed E-state index contributed by atoms with van der Waals surface area (Å²) in [6.07, 6.45) is -1.83. The Morgan fingerprint density at radius 2 is 1.69 bits per heavy atom. The zero-order valence-electron chi connectivity index (χ0n) is 7.48. The molecule has 0 aromatic carbocycles. The molecule has 0 bridgehead atoms. The number of halogens is 3. The second-order valence-electron chi connectivity index (χ2n) is 3.80. The molecule has 1 atom stereocenters. The van der Waals surface area contributed by atoms with E-state index in [2.05, 4.69) is 0 Å². The maximum absolute atomic E-state index is 12.0. The highest BCUT2D eigenvalue weighted by atomic mass is 19.4. The fraction of sp³-hybridized carbons (Fsp3) is 1.00. The molecule has 0 unspecified atom stereocenters. The third-order valence-corrected chi connectivity index (χ3v) is 2.66. The van der Waals surface area contributed by atoms with Gasteiger partial charge in [0.2, 0.25) is 0 Å². The topological polar surface area (TPSA) is 20.2 Å². The monoisotopic (exact) mass is 196 g/mol. The van der Waals surface area contributed by atoms with Gasteiger partial charge in [-0.05, 0) is 12.3 Å². The van der Waals surface area contributed by atoms with Crippen LogP contribution in [-0.2, 0) is 0 Å².